The number of halogens is 2. The van der Waals surface area contributed by atoms with Crippen LogP contribution in [0.15, 0.2) is 54.6 Å². The van der Waals surface area contributed by atoms with E-state index in [0.29, 0.717) is 39.6 Å². The Morgan fingerprint density at radius 3 is 2.60 bits per heavy atom. The van der Waals surface area contributed by atoms with Gasteiger partial charge in [0, 0.05) is 17.5 Å². The molecule has 0 aliphatic heterocycles. The first-order valence-corrected chi connectivity index (χ1v) is 11.3. The van der Waals surface area contributed by atoms with Crippen molar-refractivity contribution in [3.05, 3.63) is 64.6 Å². The van der Waals surface area contributed by atoms with Gasteiger partial charge in [-0.2, -0.15) is 0 Å². The Labute approximate surface area is 186 Å². The van der Waals surface area contributed by atoms with Crippen molar-refractivity contribution in [2.45, 2.75) is 32.1 Å². The van der Waals surface area contributed by atoms with Gasteiger partial charge >= 0.3 is 0 Å². The lowest BCUT2D eigenvalue weighted by molar-refractivity contribution is -0.117. The van der Waals surface area contributed by atoms with Gasteiger partial charge in [-0.05, 0) is 66.7 Å². The molecule has 1 N–H and O–H groups in total. The number of carbonyl (C=O) groups excluding carboxylic acids is 1. The van der Waals surface area contributed by atoms with Crippen LogP contribution in [-0.4, -0.2) is 5.91 Å². The maximum Gasteiger partial charge on any atom is 0.224 e. The molecule has 3 nitrogen and oxygen atoms in total. The molecule has 2 aliphatic carbocycles. The van der Waals surface area contributed by atoms with Crippen molar-refractivity contribution in [2.75, 3.05) is 5.32 Å². The van der Waals surface area contributed by atoms with E-state index in [1.165, 1.54) is 25.7 Å². The summed E-state index contributed by atoms with van der Waals surface area (Å²) in [4.78, 5) is 12.5. The minimum atomic E-state index is 0.0647. The number of ether oxygens (including phenoxy) is 1. The van der Waals surface area contributed by atoms with Crippen LogP contribution in [-0.2, 0) is 4.79 Å². The third-order valence-corrected chi connectivity index (χ3v) is 7.28. The number of carbonyl (C=O) groups is 1. The van der Waals surface area contributed by atoms with Crippen LogP contribution >= 0.6 is 23.2 Å². The van der Waals surface area contributed by atoms with Gasteiger partial charge in [0.25, 0.3) is 0 Å². The lowest BCUT2D eigenvalue weighted by Crippen LogP contribution is -2.20. The molecule has 0 saturated heterocycles. The molecule has 2 aliphatic rings. The van der Waals surface area contributed by atoms with Gasteiger partial charge in [-0.3, -0.25) is 4.79 Å². The van der Waals surface area contributed by atoms with E-state index in [1.54, 1.807) is 12.1 Å². The largest absolute Gasteiger partial charge is 0.454 e. The van der Waals surface area contributed by atoms with E-state index in [2.05, 4.69) is 5.32 Å². The van der Waals surface area contributed by atoms with E-state index in [9.17, 15) is 4.79 Å². The van der Waals surface area contributed by atoms with Crippen LogP contribution in [0.4, 0.5) is 5.69 Å². The van der Waals surface area contributed by atoms with Crippen molar-refractivity contribution in [3.8, 4) is 11.5 Å². The Morgan fingerprint density at radius 1 is 1.00 bits per heavy atom. The average molecular weight is 440 g/mol. The number of amides is 1. The van der Waals surface area contributed by atoms with Crippen LogP contribution in [0.25, 0.3) is 10.8 Å². The summed E-state index contributed by atoms with van der Waals surface area (Å²) in [6.45, 7) is 0. The summed E-state index contributed by atoms with van der Waals surface area (Å²) in [5.41, 5.74) is 0.685. The number of nitrogens with one attached hydrogen (secondary N) is 1. The summed E-state index contributed by atoms with van der Waals surface area (Å²) >= 11 is 13.0. The van der Waals surface area contributed by atoms with Crippen molar-refractivity contribution in [3.63, 3.8) is 0 Å². The van der Waals surface area contributed by atoms with Gasteiger partial charge in [0.1, 0.15) is 11.5 Å². The second kappa shape index (κ2) is 8.13. The molecule has 1 amide bonds. The minimum absolute atomic E-state index is 0.0647. The zero-order valence-corrected chi connectivity index (χ0v) is 18.0. The molecule has 5 rings (SSSR count). The fraction of sp³-hybridized carbons (Fsp3) is 0.320. The first kappa shape index (κ1) is 19.7. The molecule has 5 heteroatoms. The molecule has 2 fully saturated rings. The minimum Gasteiger partial charge on any atom is -0.454 e. The Balaban J connectivity index is 1.27. The van der Waals surface area contributed by atoms with Crippen LogP contribution in [0.2, 0.25) is 10.0 Å². The van der Waals surface area contributed by atoms with Gasteiger partial charge < -0.3 is 10.1 Å². The Bertz CT molecular complexity index is 1110. The van der Waals surface area contributed by atoms with Gasteiger partial charge in [0.05, 0.1) is 10.0 Å². The summed E-state index contributed by atoms with van der Waals surface area (Å²) in [7, 11) is 0. The van der Waals surface area contributed by atoms with Crippen molar-refractivity contribution in [1.82, 2.24) is 0 Å². The molecule has 3 atom stereocenters. The molecule has 3 aromatic rings. The van der Waals surface area contributed by atoms with Gasteiger partial charge in [-0.25, -0.2) is 0 Å². The zero-order chi connectivity index (χ0) is 20.7. The normalized spacial score (nSPS) is 22.4. The number of hydrogen-bond donors (Lipinski definition) is 1. The molecule has 0 aromatic heterocycles. The molecule has 154 valence electrons. The van der Waals surface area contributed by atoms with E-state index >= 15 is 0 Å². The second-order valence-electron chi connectivity index (χ2n) is 8.53. The van der Waals surface area contributed by atoms with Crippen molar-refractivity contribution < 1.29 is 9.53 Å². The standard InChI is InChI=1S/C25H23Cl2NO2/c26-21-14-19(28-24(29)13-18-12-15-5-6-17(18)11-15)8-10-22(21)30-23-9-7-16-3-1-2-4-20(16)25(23)27/h1-4,7-10,14-15,17-18H,5-6,11-13H2,(H,28,29)/t15-,17-,18-/m0/s1. The van der Waals surface area contributed by atoms with Gasteiger partial charge in [-0.1, -0.05) is 60.0 Å². The molecule has 2 bridgehead atoms. The van der Waals surface area contributed by atoms with Gasteiger partial charge in [0.2, 0.25) is 5.91 Å². The van der Waals surface area contributed by atoms with Crippen molar-refractivity contribution in [1.29, 1.82) is 0 Å². The molecular weight excluding hydrogens is 417 g/mol. The van der Waals surface area contributed by atoms with Gasteiger partial charge in [0.15, 0.2) is 0 Å². The third-order valence-electron chi connectivity index (χ3n) is 6.60. The highest BCUT2D eigenvalue weighted by Gasteiger charge is 2.40. The summed E-state index contributed by atoms with van der Waals surface area (Å²) in [6, 6.07) is 17.0. The van der Waals surface area contributed by atoms with Crippen molar-refractivity contribution in [2.24, 2.45) is 17.8 Å². The molecule has 0 spiro atoms. The number of rotatable bonds is 5. The van der Waals surface area contributed by atoms with E-state index in [-0.39, 0.29) is 5.91 Å². The first-order valence-electron chi connectivity index (χ1n) is 10.5. The molecule has 0 heterocycles. The van der Waals surface area contributed by atoms with Crippen LogP contribution in [0.3, 0.4) is 0 Å². The van der Waals surface area contributed by atoms with Crippen LogP contribution in [0, 0.1) is 17.8 Å². The number of fused-ring (bicyclic) bond motifs is 3. The smallest absolute Gasteiger partial charge is 0.224 e. The molecule has 2 saturated carbocycles. The maximum atomic E-state index is 12.5. The highest BCUT2D eigenvalue weighted by molar-refractivity contribution is 6.37. The summed E-state index contributed by atoms with van der Waals surface area (Å²) in [5, 5.41) is 5.95. The predicted octanol–water partition coefficient (Wildman–Crippen LogP) is 7.70. The van der Waals surface area contributed by atoms with Gasteiger partial charge in [-0.15, -0.1) is 0 Å². The Morgan fingerprint density at radius 2 is 1.83 bits per heavy atom. The predicted molar refractivity (Wildman–Crippen MR) is 123 cm³/mol. The second-order valence-corrected chi connectivity index (χ2v) is 9.32. The summed E-state index contributed by atoms with van der Waals surface area (Å²) in [5.74, 6) is 3.24. The Hall–Kier alpha value is -2.23. The maximum absolute atomic E-state index is 12.5. The lowest BCUT2D eigenvalue weighted by Gasteiger charge is -2.21. The van der Waals surface area contributed by atoms with Crippen molar-refractivity contribution >= 4 is 45.6 Å². The fourth-order valence-corrected chi connectivity index (χ4v) is 5.64. The SMILES string of the molecule is O=C(C[C@@H]1C[C@H]2CC[C@H]1C2)Nc1ccc(Oc2ccc3ccccc3c2Cl)c(Cl)c1. The lowest BCUT2D eigenvalue weighted by atomic mass is 9.86. The quantitative estimate of drug-likeness (QED) is 0.441. The van der Waals surface area contributed by atoms with E-state index in [0.717, 1.165) is 22.6 Å². The number of benzene rings is 3. The first-order chi connectivity index (χ1) is 14.6. The van der Waals surface area contributed by atoms with Crippen LogP contribution < -0.4 is 10.1 Å². The molecule has 0 radical (unpaired) electrons. The molecule has 0 unspecified atom stereocenters. The molecular formula is C25H23Cl2NO2. The highest BCUT2D eigenvalue weighted by Crippen LogP contribution is 2.49. The van der Waals surface area contributed by atoms with E-state index in [1.807, 2.05) is 42.5 Å². The van der Waals surface area contributed by atoms with Crippen LogP contribution in [0.1, 0.15) is 32.1 Å². The highest BCUT2D eigenvalue weighted by atomic mass is 35.5. The number of anilines is 1. The molecule has 3 aromatic carbocycles. The van der Waals surface area contributed by atoms with Crippen LogP contribution in [0.5, 0.6) is 11.5 Å². The van der Waals surface area contributed by atoms with E-state index < -0.39 is 0 Å². The van der Waals surface area contributed by atoms with E-state index in [4.69, 9.17) is 27.9 Å². The zero-order valence-electron chi connectivity index (χ0n) is 16.5. The topological polar surface area (TPSA) is 38.3 Å². The Kier molecular flexibility index (Phi) is 5.34. The fourth-order valence-electron chi connectivity index (χ4n) is 5.15. The monoisotopic (exact) mass is 439 g/mol. The number of hydrogen-bond acceptors (Lipinski definition) is 2. The average Bonchev–Trinajstić information content (AvgIpc) is 3.35. The molecule has 30 heavy (non-hydrogen) atoms. The third kappa shape index (κ3) is 3.89. The summed E-state index contributed by atoms with van der Waals surface area (Å²) < 4.78 is 5.97. The summed E-state index contributed by atoms with van der Waals surface area (Å²) in [6.07, 6.45) is 5.76.